The van der Waals surface area contributed by atoms with Crippen molar-refractivity contribution in [1.82, 2.24) is 4.90 Å². The maximum absolute atomic E-state index is 11.6. The fourth-order valence-corrected chi connectivity index (χ4v) is 2.58. The Kier molecular flexibility index (Phi) is 4.32. The minimum Gasteiger partial charge on any atom is -0.340 e. The lowest BCUT2D eigenvalue weighted by molar-refractivity contribution is -0.133. The van der Waals surface area contributed by atoms with Crippen molar-refractivity contribution in [2.45, 2.75) is 38.0 Å². The molecule has 0 saturated carbocycles. The number of nitrogens with zero attached hydrogens (tertiary/aromatic N) is 1. The minimum absolute atomic E-state index is 0.0144. The molecule has 0 aromatic rings. The molecule has 1 aliphatic rings. The second-order valence-electron chi connectivity index (χ2n) is 4.55. The van der Waals surface area contributed by atoms with Crippen LogP contribution in [0.4, 0.5) is 0 Å². The number of sulfone groups is 1. The molecule has 0 spiro atoms. The van der Waals surface area contributed by atoms with E-state index < -0.39 is 9.84 Å². The van der Waals surface area contributed by atoms with E-state index in [9.17, 15) is 13.2 Å². The first-order valence-electron chi connectivity index (χ1n) is 5.58. The number of rotatable bonds is 4. The van der Waals surface area contributed by atoms with Gasteiger partial charge in [-0.15, -0.1) is 0 Å². The number of hydrogen-bond acceptors (Lipinski definition) is 4. The van der Waals surface area contributed by atoms with Gasteiger partial charge < -0.3 is 10.6 Å². The Morgan fingerprint density at radius 2 is 2.12 bits per heavy atom. The highest BCUT2D eigenvalue weighted by atomic mass is 32.2. The molecule has 1 amide bonds. The fourth-order valence-electron chi connectivity index (χ4n) is 1.63. The van der Waals surface area contributed by atoms with E-state index in [4.69, 9.17) is 5.73 Å². The molecule has 0 bridgehead atoms. The Balaban J connectivity index is 2.51. The average molecular weight is 248 g/mol. The third-order valence-electron chi connectivity index (χ3n) is 2.90. The van der Waals surface area contributed by atoms with Gasteiger partial charge in [-0.25, -0.2) is 8.42 Å². The van der Waals surface area contributed by atoms with Crippen LogP contribution in [0, 0.1) is 0 Å². The molecule has 1 heterocycles. The summed E-state index contributed by atoms with van der Waals surface area (Å²) in [7, 11) is -3.07. The first-order chi connectivity index (χ1) is 7.33. The molecule has 6 heteroatoms. The van der Waals surface area contributed by atoms with E-state index >= 15 is 0 Å². The van der Waals surface area contributed by atoms with Gasteiger partial charge in [0.15, 0.2) is 9.84 Å². The van der Waals surface area contributed by atoms with Crippen molar-refractivity contribution in [3.05, 3.63) is 0 Å². The lowest BCUT2D eigenvalue weighted by Crippen LogP contribution is -2.47. The van der Waals surface area contributed by atoms with Crippen LogP contribution in [-0.2, 0) is 14.6 Å². The van der Waals surface area contributed by atoms with Crippen LogP contribution in [0.3, 0.4) is 0 Å². The van der Waals surface area contributed by atoms with Gasteiger partial charge in [0, 0.05) is 25.6 Å². The quantitative estimate of drug-likeness (QED) is 0.744. The number of hydrogen-bond donors (Lipinski definition) is 1. The molecule has 1 rings (SSSR count). The van der Waals surface area contributed by atoms with Crippen LogP contribution in [0.2, 0.25) is 0 Å². The van der Waals surface area contributed by atoms with Gasteiger partial charge in [0.1, 0.15) is 0 Å². The average Bonchev–Trinajstić information content (AvgIpc) is 2.19. The van der Waals surface area contributed by atoms with E-state index in [1.54, 1.807) is 18.7 Å². The first-order valence-corrected chi connectivity index (χ1v) is 7.29. The zero-order chi connectivity index (χ0) is 12.3. The third kappa shape index (κ3) is 3.45. The number of carbonyl (C=O) groups excluding carboxylic acids is 1. The van der Waals surface area contributed by atoms with E-state index in [1.807, 2.05) is 0 Å². The normalized spacial score (nSPS) is 22.9. The standard InChI is InChI=1S/C10H20N2O3S/c1-8(2)16(14,15)6-5-12-7-9(11)3-4-10(12)13/h8-9H,3-7,11H2,1-2H3. The van der Waals surface area contributed by atoms with Crippen LogP contribution in [0.1, 0.15) is 26.7 Å². The summed E-state index contributed by atoms with van der Waals surface area (Å²) in [5, 5.41) is -0.388. The van der Waals surface area contributed by atoms with Crippen molar-refractivity contribution >= 4 is 15.7 Å². The lowest BCUT2D eigenvalue weighted by Gasteiger charge is -2.30. The molecule has 1 aliphatic heterocycles. The lowest BCUT2D eigenvalue weighted by atomic mass is 10.1. The van der Waals surface area contributed by atoms with Crippen molar-refractivity contribution in [1.29, 1.82) is 0 Å². The minimum atomic E-state index is -3.07. The fraction of sp³-hybridized carbons (Fsp3) is 0.900. The second-order valence-corrected chi connectivity index (χ2v) is 7.23. The van der Waals surface area contributed by atoms with Crippen LogP contribution >= 0.6 is 0 Å². The van der Waals surface area contributed by atoms with E-state index in [0.29, 0.717) is 19.4 Å². The number of amides is 1. The molecule has 0 aromatic carbocycles. The summed E-state index contributed by atoms with van der Waals surface area (Å²) in [5.41, 5.74) is 5.74. The number of nitrogens with two attached hydrogens (primary N) is 1. The van der Waals surface area contributed by atoms with E-state index in [2.05, 4.69) is 0 Å². The SMILES string of the molecule is CC(C)S(=O)(=O)CCN1CC(N)CCC1=O. The predicted octanol–water partition coefficient (Wildman–Crippen LogP) is -0.241. The number of likely N-dealkylation sites (tertiary alicyclic amines) is 1. The molecule has 2 N–H and O–H groups in total. The maximum atomic E-state index is 11.6. The summed E-state index contributed by atoms with van der Waals surface area (Å²) in [6.45, 7) is 4.05. The van der Waals surface area contributed by atoms with E-state index in [0.717, 1.165) is 0 Å². The molecule has 1 atom stereocenters. The Labute approximate surface area is 96.9 Å². The van der Waals surface area contributed by atoms with Gasteiger partial charge in [0.25, 0.3) is 0 Å². The van der Waals surface area contributed by atoms with Gasteiger partial charge in [-0.05, 0) is 20.3 Å². The number of piperidine rings is 1. The summed E-state index contributed by atoms with van der Waals surface area (Å²) in [5.74, 6) is 0.0454. The summed E-state index contributed by atoms with van der Waals surface area (Å²) in [6.07, 6.45) is 1.13. The van der Waals surface area contributed by atoms with Crippen molar-refractivity contribution in [2.75, 3.05) is 18.8 Å². The highest BCUT2D eigenvalue weighted by Crippen LogP contribution is 2.10. The molecule has 0 aromatic heterocycles. The summed E-state index contributed by atoms with van der Waals surface area (Å²) in [6, 6.07) is -0.0144. The molecule has 1 fully saturated rings. The van der Waals surface area contributed by atoms with Gasteiger partial charge in [-0.2, -0.15) is 0 Å². The molecule has 1 unspecified atom stereocenters. The van der Waals surface area contributed by atoms with Gasteiger partial charge in [0.2, 0.25) is 5.91 Å². The van der Waals surface area contributed by atoms with Crippen molar-refractivity contribution in [3.8, 4) is 0 Å². The molecule has 5 nitrogen and oxygen atoms in total. The van der Waals surface area contributed by atoms with Gasteiger partial charge in [-0.3, -0.25) is 4.79 Å². The molecule has 0 radical (unpaired) electrons. The van der Waals surface area contributed by atoms with Gasteiger partial charge in [0.05, 0.1) is 11.0 Å². The topological polar surface area (TPSA) is 80.5 Å². The Bertz CT molecular complexity index is 351. The van der Waals surface area contributed by atoms with Crippen LogP contribution in [-0.4, -0.2) is 49.4 Å². The summed E-state index contributed by atoms with van der Waals surface area (Å²) >= 11 is 0. The monoisotopic (exact) mass is 248 g/mol. The Hall–Kier alpha value is -0.620. The molecule has 0 aliphatic carbocycles. The predicted molar refractivity (Wildman–Crippen MR) is 62.7 cm³/mol. The van der Waals surface area contributed by atoms with E-state index in [1.165, 1.54) is 0 Å². The summed E-state index contributed by atoms with van der Waals surface area (Å²) in [4.78, 5) is 13.1. The maximum Gasteiger partial charge on any atom is 0.222 e. The molecule has 16 heavy (non-hydrogen) atoms. The zero-order valence-electron chi connectivity index (χ0n) is 9.85. The molecular weight excluding hydrogens is 228 g/mol. The number of carbonyl (C=O) groups is 1. The van der Waals surface area contributed by atoms with Crippen molar-refractivity contribution < 1.29 is 13.2 Å². The van der Waals surface area contributed by atoms with Crippen LogP contribution in [0.5, 0.6) is 0 Å². The highest BCUT2D eigenvalue weighted by molar-refractivity contribution is 7.92. The third-order valence-corrected chi connectivity index (χ3v) is 5.09. The van der Waals surface area contributed by atoms with E-state index in [-0.39, 0.29) is 29.5 Å². The Morgan fingerprint density at radius 3 is 2.69 bits per heavy atom. The Morgan fingerprint density at radius 1 is 1.50 bits per heavy atom. The smallest absolute Gasteiger partial charge is 0.222 e. The zero-order valence-corrected chi connectivity index (χ0v) is 10.7. The first kappa shape index (κ1) is 13.4. The molecule has 94 valence electrons. The molecule has 1 saturated heterocycles. The highest BCUT2D eigenvalue weighted by Gasteiger charge is 2.25. The van der Waals surface area contributed by atoms with Crippen molar-refractivity contribution in [3.63, 3.8) is 0 Å². The summed E-state index contributed by atoms with van der Waals surface area (Å²) < 4.78 is 23.2. The van der Waals surface area contributed by atoms with Crippen LogP contribution in [0.25, 0.3) is 0 Å². The van der Waals surface area contributed by atoms with Crippen molar-refractivity contribution in [2.24, 2.45) is 5.73 Å². The van der Waals surface area contributed by atoms with Crippen LogP contribution in [0.15, 0.2) is 0 Å². The van der Waals surface area contributed by atoms with Gasteiger partial charge >= 0.3 is 0 Å². The van der Waals surface area contributed by atoms with Crippen LogP contribution < -0.4 is 5.73 Å². The molecular formula is C10H20N2O3S. The van der Waals surface area contributed by atoms with Gasteiger partial charge in [-0.1, -0.05) is 0 Å². The largest absolute Gasteiger partial charge is 0.340 e. The second kappa shape index (κ2) is 5.14.